The van der Waals surface area contributed by atoms with E-state index in [2.05, 4.69) is 316 Å². The summed E-state index contributed by atoms with van der Waals surface area (Å²) in [7, 11) is 8.37. The summed E-state index contributed by atoms with van der Waals surface area (Å²) in [6, 6.07) is 122. The zero-order valence-electron chi connectivity index (χ0n) is 56.4. The van der Waals surface area contributed by atoms with Crippen molar-refractivity contribution in [1.82, 2.24) is 4.98 Å². The number of ketones is 1. The third-order valence-corrected chi connectivity index (χ3v) is 22.6. The molecule has 3 N–H and O–H groups in total. The van der Waals surface area contributed by atoms with E-state index in [0.717, 1.165) is 27.9 Å². The van der Waals surface area contributed by atoms with E-state index in [0.29, 0.717) is 16.6 Å². The van der Waals surface area contributed by atoms with Crippen LogP contribution in [0.5, 0.6) is 0 Å². The van der Waals surface area contributed by atoms with E-state index in [1.807, 2.05) is 38.1 Å². The number of aromatic nitrogens is 1. The number of carbonyl (C=O) groups is 1. The molecule has 0 aliphatic heterocycles. The molecule has 512 valence electrons. The van der Waals surface area contributed by atoms with E-state index in [1.165, 1.54) is 77.1 Å². The molecule has 0 aliphatic carbocycles. The van der Waals surface area contributed by atoms with Crippen molar-refractivity contribution in [2.75, 3.05) is 5.73 Å². The van der Waals surface area contributed by atoms with E-state index in [9.17, 15) is 13.6 Å². The summed E-state index contributed by atoms with van der Waals surface area (Å²) in [6.07, 6.45) is 0. The fourth-order valence-corrected chi connectivity index (χ4v) is 17.8. The van der Waals surface area contributed by atoms with Crippen LogP contribution in [0.3, 0.4) is 0 Å². The summed E-state index contributed by atoms with van der Waals surface area (Å²) in [5.41, 5.74) is 14.0. The van der Waals surface area contributed by atoms with Crippen LogP contribution in [0.2, 0.25) is 0 Å². The Labute approximate surface area is 616 Å². The topological polar surface area (TPSA) is 76.2 Å². The summed E-state index contributed by atoms with van der Waals surface area (Å²) < 4.78 is 26.2. The smallest absolute Gasteiger partial charge is 0.0134 e. The maximum absolute atomic E-state index is 13.6. The van der Waals surface area contributed by atoms with E-state index in [4.69, 9.17) is 30.2 Å². The Bertz CT molecular complexity index is 4080. The maximum atomic E-state index is 13.6. The number of rotatable bonds is 12. The number of halogens is 4. The molecule has 0 unspecified atom stereocenters. The molecular weight excluding hydrogens is 1430 g/mol. The van der Waals surface area contributed by atoms with E-state index in [1.54, 1.807) is 25.1 Å². The Morgan fingerprint density at radius 2 is 0.653 bits per heavy atom. The van der Waals surface area contributed by atoms with Crippen LogP contribution in [-0.4, -0.2) is 15.9 Å². The summed E-state index contributed by atoms with van der Waals surface area (Å²) in [6.45, 7) is 9.38. The normalized spacial score (nSPS) is 10.3. The number of hydrogen-bond acceptors (Lipinski definition) is 4. The molecule has 1 heterocycles. The first-order valence-electron chi connectivity index (χ1n) is 32.3. The number of aliphatic hydroxyl groups is 1. The standard InChI is InChI=1S/3C18H15P.C17H14FN.C10H12O.C7H8FNO.CH4.2ClH.Ru/c3*1-4-10-16(11-5-1)19(17-12-6-2-7-13-17)18-14-8-3-9-15-18;1-11-8-12(2)10-13(9-11)16-7-6-14-15(18)4-3-5-17(14)19-16;1-7-4-8(2)6-10(5-7)9(3)11;8-6-2-1-3-7(9)5(6)4-10;;;;/h3*1-15H;3-10H,1-2H3;4-6H,1-3H3;1-3,10H,4,9H2;1H4;2*1H;/q;;;;;;;;;+2/p-2. The Kier molecular flexibility index (Phi) is 33.8. The van der Waals surface area contributed by atoms with Crippen molar-refractivity contribution in [3.63, 3.8) is 0 Å². The van der Waals surface area contributed by atoms with Crippen molar-refractivity contribution < 1.29 is 33.8 Å². The number of aliphatic hydroxyl groups excluding tert-OH is 1. The maximum Gasteiger partial charge on any atom is -0.0134 e. The number of pyridine rings is 1. The largest absolute Gasteiger partial charge is 0.0622 e. The van der Waals surface area contributed by atoms with E-state index >= 15 is 0 Å². The molecule has 13 aromatic carbocycles. The second-order valence-electron chi connectivity index (χ2n) is 22.9. The Hall–Kier alpha value is -8.95. The van der Waals surface area contributed by atoms with Gasteiger partial charge in [0.2, 0.25) is 0 Å². The number of Topliss-reactive ketones (excluding diaryl/α,β-unsaturated/α-hetero) is 1. The molecule has 1 aromatic heterocycles. The molecule has 0 radical (unpaired) electrons. The predicted molar refractivity (Wildman–Crippen MR) is 433 cm³/mol. The number of anilines is 1. The van der Waals surface area contributed by atoms with Gasteiger partial charge in [0.25, 0.3) is 0 Å². The number of nitrogens with two attached hydrogens (primary N) is 1. The minimum absolute atomic E-state index is 0. The molecule has 0 bridgehead atoms. The number of fused-ring (bicyclic) bond motifs is 1. The summed E-state index contributed by atoms with van der Waals surface area (Å²) in [5.74, 6) is -0.545. The number of aryl methyl sites for hydroxylation is 4. The molecule has 14 rings (SSSR count). The first kappa shape index (κ1) is 79.4. The van der Waals surface area contributed by atoms with Gasteiger partial charge in [0.05, 0.1) is 17.8 Å². The molecule has 0 aliphatic rings. The quantitative estimate of drug-likeness (QED) is 0.0553. The van der Waals surface area contributed by atoms with Crippen LogP contribution >= 0.6 is 43.1 Å². The first-order valence-corrected chi connectivity index (χ1v) is 40.8. The van der Waals surface area contributed by atoms with E-state index in [-0.39, 0.29) is 46.3 Å². The van der Waals surface area contributed by atoms with Gasteiger partial charge in [-0.05, 0) is 167 Å². The van der Waals surface area contributed by atoms with E-state index < -0.39 is 29.6 Å². The zero-order chi connectivity index (χ0) is 70.9. The second-order valence-corrected chi connectivity index (χ2v) is 32.2. The van der Waals surface area contributed by atoms with Crippen LogP contribution in [-0.2, 0) is 21.8 Å². The fraction of sp³-hybridized carbons (Fsp3) is 0.0787. The van der Waals surface area contributed by atoms with Gasteiger partial charge in [-0.15, -0.1) is 0 Å². The molecule has 12 heteroatoms. The van der Waals surface area contributed by atoms with Gasteiger partial charge in [0, 0.05) is 27.8 Å². The minimum Gasteiger partial charge on any atom is -0.0622 e. The fourth-order valence-electron chi connectivity index (χ4n) is 10.9. The third kappa shape index (κ3) is 25.0. The average Bonchev–Trinajstić information content (AvgIpc) is 0.749. The SMILES string of the molecule is C.CC(=O)c1cc(C)cc(C)c1.Cc1cc(C)cc(-c2ccc3c(F)cccc3n2)c1.Nc1cccc(F)c1CO.[Cl][Ru][Cl].c1ccc(P(c2ccccc2)c2ccccc2)cc1.c1ccc(P(c2ccccc2)c2ccccc2)cc1.c1ccc(P(c2ccccc2)c2ccccc2)cc1. The second kappa shape index (κ2) is 43.0. The number of carbonyl (C=O) groups excluding carboxylic acids is 1. The van der Waals surface area contributed by atoms with Gasteiger partial charge >= 0.3 is 34.5 Å². The van der Waals surface area contributed by atoms with Gasteiger partial charge < -0.3 is 10.8 Å². The molecule has 0 amide bonds. The minimum atomic E-state index is -0.456. The van der Waals surface area contributed by atoms with Crippen LogP contribution in [0, 0.1) is 39.3 Å². The number of hydrogen-bond donors (Lipinski definition) is 2. The van der Waals surface area contributed by atoms with Gasteiger partial charge in [0.15, 0.2) is 5.78 Å². The van der Waals surface area contributed by atoms with Crippen molar-refractivity contribution in [3.05, 3.63) is 403 Å². The van der Waals surface area contributed by atoms with Crippen LogP contribution in [0.1, 0.15) is 52.5 Å². The number of nitrogen functional groups attached to an aromatic ring is 1. The Balaban J connectivity index is 0.000000171. The zero-order valence-corrected chi connectivity index (χ0v) is 62.3. The summed E-state index contributed by atoms with van der Waals surface area (Å²) in [5, 5.41) is 21.7. The van der Waals surface area contributed by atoms with Crippen LogP contribution in [0.25, 0.3) is 22.2 Å². The van der Waals surface area contributed by atoms with Crippen LogP contribution < -0.4 is 53.5 Å². The molecule has 0 saturated heterocycles. The molecular formula is C89H83Cl2F2N2O2P3Ru. The third-order valence-electron chi connectivity index (χ3n) is 15.3. The van der Waals surface area contributed by atoms with Crippen molar-refractivity contribution in [2.45, 2.75) is 48.7 Å². The van der Waals surface area contributed by atoms with Gasteiger partial charge in [-0.25, -0.2) is 13.8 Å². The van der Waals surface area contributed by atoms with Crippen LogP contribution in [0.15, 0.2) is 358 Å². The van der Waals surface area contributed by atoms with Crippen molar-refractivity contribution in [1.29, 1.82) is 0 Å². The summed E-state index contributed by atoms with van der Waals surface area (Å²) >= 11 is -0.346. The Morgan fingerprint density at radius 1 is 0.386 bits per heavy atom. The van der Waals surface area contributed by atoms with Crippen molar-refractivity contribution in [2.24, 2.45) is 0 Å². The Morgan fingerprint density at radius 3 is 0.911 bits per heavy atom. The van der Waals surface area contributed by atoms with Gasteiger partial charge in [-0.1, -0.05) is 327 Å². The molecule has 0 fully saturated rings. The summed E-state index contributed by atoms with van der Waals surface area (Å²) in [4.78, 5) is 15.5. The number of nitrogens with zero attached hydrogens (tertiary/aromatic N) is 1. The van der Waals surface area contributed by atoms with Crippen molar-refractivity contribution in [3.8, 4) is 11.3 Å². The van der Waals surface area contributed by atoms with Crippen LogP contribution in [0.4, 0.5) is 14.5 Å². The molecule has 4 nitrogen and oxygen atoms in total. The monoisotopic (exact) mass is 1510 g/mol. The first-order chi connectivity index (χ1) is 48.7. The predicted octanol–water partition coefficient (Wildman–Crippen LogP) is 20.4. The molecule has 14 aromatic rings. The van der Waals surface area contributed by atoms with Gasteiger partial charge in [-0.3, -0.25) is 4.79 Å². The average molecular weight is 1520 g/mol. The molecule has 0 saturated carbocycles. The van der Waals surface area contributed by atoms with Gasteiger partial charge in [-0.2, -0.15) is 0 Å². The molecule has 101 heavy (non-hydrogen) atoms. The molecule has 0 atom stereocenters. The number of benzene rings is 13. The van der Waals surface area contributed by atoms with Crippen molar-refractivity contribution >= 4 is 113 Å². The van der Waals surface area contributed by atoms with Gasteiger partial charge in [0.1, 0.15) is 11.6 Å². The molecule has 0 spiro atoms.